The van der Waals surface area contributed by atoms with Gasteiger partial charge in [-0.2, -0.15) is 0 Å². The molecule has 0 atom stereocenters. The molecular formula is C28H27NO7. The Morgan fingerprint density at radius 3 is 2.22 bits per heavy atom. The van der Waals surface area contributed by atoms with E-state index in [1.165, 1.54) is 12.0 Å². The Morgan fingerprint density at radius 2 is 1.53 bits per heavy atom. The van der Waals surface area contributed by atoms with Crippen molar-refractivity contribution in [1.82, 2.24) is 4.90 Å². The first-order valence-electron chi connectivity index (χ1n) is 11.3. The van der Waals surface area contributed by atoms with Crippen LogP contribution in [-0.4, -0.2) is 44.7 Å². The molecule has 0 saturated heterocycles. The zero-order valence-electron chi connectivity index (χ0n) is 20.4. The normalized spacial score (nSPS) is 10.6. The number of esters is 1. The molecule has 0 spiro atoms. The number of carbonyl (C=O) groups is 2. The predicted molar refractivity (Wildman–Crippen MR) is 133 cm³/mol. The van der Waals surface area contributed by atoms with Gasteiger partial charge < -0.3 is 28.3 Å². The smallest absolute Gasteiger partial charge is 0.325 e. The van der Waals surface area contributed by atoms with Gasteiger partial charge in [0.2, 0.25) is 0 Å². The number of methoxy groups -OCH3 is 3. The lowest BCUT2D eigenvalue weighted by Gasteiger charge is -2.21. The molecule has 4 rings (SSSR count). The summed E-state index contributed by atoms with van der Waals surface area (Å²) >= 11 is 0. The number of nitrogens with zero attached hydrogens (tertiary/aromatic N) is 1. The Morgan fingerprint density at radius 1 is 0.806 bits per heavy atom. The molecule has 186 valence electrons. The van der Waals surface area contributed by atoms with Crippen molar-refractivity contribution >= 4 is 22.6 Å². The first-order valence-corrected chi connectivity index (χ1v) is 11.3. The lowest BCUT2D eigenvalue weighted by atomic mass is 10.1. The molecule has 0 aliphatic heterocycles. The topological polar surface area (TPSA) is 87.4 Å². The van der Waals surface area contributed by atoms with E-state index in [0.29, 0.717) is 23.0 Å². The van der Waals surface area contributed by atoms with Gasteiger partial charge in [0.15, 0.2) is 5.76 Å². The van der Waals surface area contributed by atoms with Crippen molar-refractivity contribution in [3.8, 4) is 17.2 Å². The third-order valence-electron chi connectivity index (χ3n) is 5.59. The average Bonchev–Trinajstić information content (AvgIpc) is 3.39. The molecule has 0 unspecified atom stereocenters. The number of fused-ring (bicyclic) bond motifs is 1. The van der Waals surface area contributed by atoms with Gasteiger partial charge in [0.1, 0.15) is 36.2 Å². The number of hydrogen-bond acceptors (Lipinski definition) is 7. The van der Waals surface area contributed by atoms with Crippen LogP contribution in [0.15, 0.2) is 77.2 Å². The van der Waals surface area contributed by atoms with Crippen LogP contribution in [0.1, 0.15) is 21.9 Å². The van der Waals surface area contributed by atoms with E-state index in [0.717, 1.165) is 16.3 Å². The van der Waals surface area contributed by atoms with Gasteiger partial charge in [0, 0.05) is 12.6 Å². The molecule has 0 aliphatic carbocycles. The summed E-state index contributed by atoms with van der Waals surface area (Å²) in [5, 5.41) is 2.19. The molecule has 4 aromatic rings. The summed E-state index contributed by atoms with van der Waals surface area (Å²) in [6.45, 7) is 0.0132. The van der Waals surface area contributed by atoms with E-state index in [1.807, 2.05) is 42.5 Å². The van der Waals surface area contributed by atoms with Crippen molar-refractivity contribution in [1.29, 1.82) is 0 Å². The third kappa shape index (κ3) is 5.96. The van der Waals surface area contributed by atoms with Gasteiger partial charge in [-0.1, -0.05) is 30.3 Å². The van der Waals surface area contributed by atoms with E-state index in [4.69, 9.17) is 23.4 Å². The third-order valence-corrected chi connectivity index (χ3v) is 5.59. The maximum atomic E-state index is 13.3. The zero-order valence-corrected chi connectivity index (χ0v) is 20.4. The number of ether oxygens (including phenoxy) is 4. The fraction of sp³-hybridized carbons (Fsp3) is 0.214. The van der Waals surface area contributed by atoms with Gasteiger partial charge in [-0.15, -0.1) is 0 Å². The molecular weight excluding hydrogens is 462 g/mol. The first-order chi connectivity index (χ1) is 17.5. The second-order valence-electron chi connectivity index (χ2n) is 8.02. The van der Waals surface area contributed by atoms with Crippen LogP contribution in [-0.2, 0) is 22.7 Å². The van der Waals surface area contributed by atoms with E-state index < -0.39 is 11.9 Å². The summed E-state index contributed by atoms with van der Waals surface area (Å²) in [5.41, 5.74) is 0.717. The number of furan rings is 1. The van der Waals surface area contributed by atoms with Gasteiger partial charge in [0.25, 0.3) is 5.91 Å². The minimum Gasteiger partial charge on any atom is -0.497 e. The fourth-order valence-electron chi connectivity index (χ4n) is 3.74. The summed E-state index contributed by atoms with van der Waals surface area (Å²) in [7, 11) is 4.36. The molecule has 1 amide bonds. The van der Waals surface area contributed by atoms with Gasteiger partial charge >= 0.3 is 5.97 Å². The Bertz CT molecular complexity index is 1340. The maximum Gasteiger partial charge on any atom is 0.325 e. The largest absolute Gasteiger partial charge is 0.497 e. The second kappa shape index (κ2) is 11.3. The highest BCUT2D eigenvalue weighted by Crippen LogP contribution is 2.25. The maximum absolute atomic E-state index is 13.3. The molecule has 8 heteroatoms. The van der Waals surface area contributed by atoms with Crippen molar-refractivity contribution < 1.29 is 33.0 Å². The van der Waals surface area contributed by atoms with Crippen LogP contribution >= 0.6 is 0 Å². The monoisotopic (exact) mass is 489 g/mol. The number of carbonyl (C=O) groups excluding carboxylic acids is 2. The van der Waals surface area contributed by atoms with Crippen molar-refractivity contribution in [2.45, 2.75) is 13.2 Å². The highest BCUT2D eigenvalue weighted by molar-refractivity contribution is 5.93. The highest BCUT2D eigenvalue weighted by Gasteiger charge is 2.23. The Labute approximate surface area is 208 Å². The van der Waals surface area contributed by atoms with Crippen molar-refractivity contribution in [2.24, 2.45) is 0 Å². The average molecular weight is 490 g/mol. The van der Waals surface area contributed by atoms with Crippen LogP contribution in [0.4, 0.5) is 0 Å². The van der Waals surface area contributed by atoms with Gasteiger partial charge in [-0.25, -0.2) is 0 Å². The molecule has 0 aliphatic rings. The Hall–Kier alpha value is -4.46. The molecule has 36 heavy (non-hydrogen) atoms. The minimum atomic E-state index is -0.551. The van der Waals surface area contributed by atoms with Crippen molar-refractivity contribution in [3.63, 3.8) is 0 Å². The van der Waals surface area contributed by atoms with E-state index in [2.05, 4.69) is 0 Å². The van der Waals surface area contributed by atoms with E-state index in [-0.39, 0.29) is 25.5 Å². The summed E-state index contributed by atoms with van der Waals surface area (Å²) in [4.78, 5) is 26.6. The van der Waals surface area contributed by atoms with Crippen LogP contribution in [0, 0.1) is 0 Å². The summed E-state index contributed by atoms with van der Waals surface area (Å²) in [5.74, 6) is 1.39. The molecule has 0 radical (unpaired) electrons. The molecule has 8 nitrogen and oxygen atoms in total. The minimum absolute atomic E-state index is 0.0888. The van der Waals surface area contributed by atoms with Gasteiger partial charge in [-0.3, -0.25) is 9.59 Å². The number of hydrogen-bond donors (Lipinski definition) is 0. The van der Waals surface area contributed by atoms with Crippen LogP contribution < -0.4 is 14.2 Å². The van der Waals surface area contributed by atoms with Crippen LogP contribution in [0.25, 0.3) is 10.8 Å². The molecule has 0 saturated carbocycles. The van der Waals surface area contributed by atoms with Crippen molar-refractivity contribution in [2.75, 3.05) is 27.9 Å². The van der Waals surface area contributed by atoms with E-state index >= 15 is 0 Å². The number of benzene rings is 3. The molecule has 3 aromatic carbocycles. The zero-order chi connectivity index (χ0) is 25.5. The fourth-order valence-corrected chi connectivity index (χ4v) is 3.74. The standard InChI is InChI=1S/C28H27NO7/c1-32-24-12-19(13-25(15-24)33-2)16-29(17-27(30)34-3)28(31)26-11-10-23(36-26)18-35-22-9-8-20-6-4-5-7-21(20)14-22/h4-15H,16-18H2,1-3H3. The Balaban J connectivity index is 1.48. The molecule has 0 bridgehead atoms. The molecule has 1 heterocycles. The first kappa shape index (κ1) is 24.7. The number of rotatable bonds is 10. The summed E-state index contributed by atoms with van der Waals surface area (Å²) < 4.78 is 27.0. The lowest BCUT2D eigenvalue weighted by molar-refractivity contribution is -0.141. The number of amides is 1. The quantitative estimate of drug-likeness (QED) is 0.295. The lowest BCUT2D eigenvalue weighted by Crippen LogP contribution is -2.35. The highest BCUT2D eigenvalue weighted by atomic mass is 16.5. The van der Waals surface area contributed by atoms with Crippen LogP contribution in [0.3, 0.4) is 0 Å². The Kier molecular flexibility index (Phi) is 7.75. The SMILES string of the molecule is COC(=O)CN(Cc1cc(OC)cc(OC)c1)C(=O)c1ccc(COc2ccc3ccccc3c2)o1. The van der Waals surface area contributed by atoms with Crippen LogP contribution in [0.5, 0.6) is 17.2 Å². The molecule has 0 N–H and O–H groups in total. The van der Waals surface area contributed by atoms with Crippen molar-refractivity contribution in [3.05, 3.63) is 89.9 Å². The predicted octanol–water partition coefficient (Wildman–Crippen LogP) is 4.84. The summed E-state index contributed by atoms with van der Waals surface area (Å²) in [6, 6.07) is 22.3. The van der Waals surface area contributed by atoms with Gasteiger partial charge in [0.05, 0.1) is 21.3 Å². The second-order valence-corrected chi connectivity index (χ2v) is 8.02. The van der Waals surface area contributed by atoms with Crippen LogP contribution in [0.2, 0.25) is 0 Å². The van der Waals surface area contributed by atoms with E-state index in [1.54, 1.807) is 44.6 Å². The molecule has 1 aromatic heterocycles. The van der Waals surface area contributed by atoms with Gasteiger partial charge in [-0.05, 0) is 52.7 Å². The molecule has 0 fully saturated rings. The van der Waals surface area contributed by atoms with E-state index in [9.17, 15) is 9.59 Å². The summed E-state index contributed by atoms with van der Waals surface area (Å²) in [6.07, 6.45) is 0.